The van der Waals surface area contributed by atoms with Crippen LogP contribution in [0.1, 0.15) is 27.2 Å². The summed E-state index contributed by atoms with van der Waals surface area (Å²) in [4.78, 5) is 15.1. The van der Waals surface area contributed by atoms with E-state index in [0.29, 0.717) is 24.3 Å². The zero-order chi connectivity index (χ0) is 18.1. The van der Waals surface area contributed by atoms with Gasteiger partial charge in [-0.1, -0.05) is 40.2 Å². The SMILES string of the molecule is N#Cc1ccn(-c2ccc(Br)cc2)c1C(=O)N1CCc2ccccc2C1. The number of amides is 1. The molecule has 0 atom stereocenters. The number of nitrogens with zero attached hydrogens (tertiary/aromatic N) is 3. The van der Waals surface area contributed by atoms with Crippen molar-refractivity contribution in [3.8, 4) is 11.8 Å². The van der Waals surface area contributed by atoms with Crippen LogP contribution in [0, 0.1) is 11.3 Å². The fraction of sp³-hybridized carbons (Fsp3) is 0.143. The van der Waals surface area contributed by atoms with Crippen LogP contribution in [-0.2, 0) is 13.0 Å². The quantitative estimate of drug-likeness (QED) is 0.637. The third kappa shape index (κ3) is 2.93. The fourth-order valence-electron chi connectivity index (χ4n) is 3.38. The molecule has 0 saturated heterocycles. The molecule has 26 heavy (non-hydrogen) atoms. The Labute approximate surface area is 160 Å². The molecule has 128 valence electrons. The molecular weight excluding hydrogens is 390 g/mol. The molecule has 1 aliphatic rings. The highest BCUT2D eigenvalue weighted by molar-refractivity contribution is 9.10. The van der Waals surface area contributed by atoms with Crippen molar-refractivity contribution >= 4 is 21.8 Å². The predicted octanol–water partition coefficient (Wildman–Crippen LogP) is 4.31. The molecule has 1 aromatic heterocycles. The number of hydrogen-bond acceptors (Lipinski definition) is 2. The lowest BCUT2D eigenvalue weighted by atomic mass is 9.99. The third-order valence-electron chi connectivity index (χ3n) is 4.73. The summed E-state index contributed by atoms with van der Waals surface area (Å²) in [6.45, 7) is 1.23. The van der Waals surface area contributed by atoms with Crippen molar-refractivity contribution < 1.29 is 4.79 Å². The van der Waals surface area contributed by atoms with Crippen LogP contribution in [0.4, 0.5) is 0 Å². The van der Waals surface area contributed by atoms with E-state index in [0.717, 1.165) is 16.6 Å². The first kappa shape index (κ1) is 16.6. The van der Waals surface area contributed by atoms with Crippen LogP contribution in [-0.4, -0.2) is 21.9 Å². The second kappa shape index (κ2) is 6.81. The van der Waals surface area contributed by atoms with E-state index in [4.69, 9.17) is 0 Å². The first-order valence-electron chi connectivity index (χ1n) is 8.41. The Hall–Kier alpha value is -2.84. The molecule has 2 heterocycles. The zero-order valence-electron chi connectivity index (χ0n) is 14.0. The average Bonchev–Trinajstić information content (AvgIpc) is 3.11. The van der Waals surface area contributed by atoms with E-state index in [1.807, 2.05) is 41.3 Å². The number of benzene rings is 2. The number of nitriles is 1. The van der Waals surface area contributed by atoms with Crippen molar-refractivity contribution in [1.29, 1.82) is 5.26 Å². The maximum absolute atomic E-state index is 13.3. The smallest absolute Gasteiger partial charge is 0.272 e. The largest absolute Gasteiger partial charge is 0.333 e. The number of hydrogen-bond donors (Lipinski definition) is 0. The van der Waals surface area contributed by atoms with Gasteiger partial charge < -0.3 is 9.47 Å². The van der Waals surface area contributed by atoms with Crippen molar-refractivity contribution in [2.45, 2.75) is 13.0 Å². The van der Waals surface area contributed by atoms with E-state index < -0.39 is 0 Å². The molecular formula is C21H16BrN3O. The second-order valence-corrected chi connectivity index (χ2v) is 7.20. The minimum absolute atomic E-state index is 0.107. The second-order valence-electron chi connectivity index (χ2n) is 6.28. The summed E-state index contributed by atoms with van der Waals surface area (Å²) in [5.74, 6) is -0.107. The van der Waals surface area contributed by atoms with Gasteiger partial charge in [0, 0.05) is 29.4 Å². The van der Waals surface area contributed by atoms with Gasteiger partial charge in [0.1, 0.15) is 11.8 Å². The van der Waals surface area contributed by atoms with Gasteiger partial charge >= 0.3 is 0 Å². The minimum atomic E-state index is -0.107. The number of aromatic nitrogens is 1. The molecule has 0 N–H and O–H groups in total. The number of halogens is 1. The molecule has 0 fully saturated rings. The lowest BCUT2D eigenvalue weighted by molar-refractivity contribution is 0.0726. The van der Waals surface area contributed by atoms with Crippen molar-refractivity contribution in [1.82, 2.24) is 9.47 Å². The van der Waals surface area contributed by atoms with Gasteiger partial charge in [-0.25, -0.2) is 0 Å². The van der Waals surface area contributed by atoms with Gasteiger partial charge in [0.15, 0.2) is 0 Å². The molecule has 5 heteroatoms. The normalized spacial score (nSPS) is 13.2. The topological polar surface area (TPSA) is 49.0 Å². The molecule has 0 radical (unpaired) electrons. The molecule has 3 aromatic rings. The highest BCUT2D eigenvalue weighted by atomic mass is 79.9. The first-order chi connectivity index (χ1) is 12.7. The van der Waals surface area contributed by atoms with E-state index in [1.54, 1.807) is 16.8 Å². The number of carbonyl (C=O) groups is 1. The van der Waals surface area contributed by atoms with Gasteiger partial charge in [-0.2, -0.15) is 5.26 Å². The van der Waals surface area contributed by atoms with Crippen LogP contribution in [0.3, 0.4) is 0 Å². The van der Waals surface area contributed by atoms with Gasteiger partial charge in [0.25, 0.3) is 5.91 Å². The van der Waals surface area contributed by atoms with Gasteiger partial charge in [0.2, 0.25) is 0 Å². The zero-order valence-corrected chi connectivity index (χ0v) is 15.6. The lowest BCUT2D eigenvalue weighted by Gasteiger charge is -2.29. The van der Waals surface area contributed by atoms with Crippen molar-refractivity contribution in [3.05, 3.63) is 87.7 Å². The molecule has 0 bridgehead atoms. The molecule has 1 amide bonds. The van der Waals surface area contributed by atoms with Gasteiger partial charge in [0.05, 0.1) is 5.56 Å². The third-order valence-corrected chi connectivity index (χ3v) is 5.26. The van der Waals surface area contributed by atoms with Crippen molar-refractivity contribution in [2.24, 2.45) is 0 Å². The maximum Gasteiger partial charge on any atom is 0.272 e. The van der Waals surface area contributed by atoms with Crippen LogP contribution in [0.25, 0.3) is 5.69 Å². The van der Waals surface area contributed by atoms with Crippen molar-refractivity contribution in [2.75, 3.05) is 6.54 Å². The summed E-state index contributed by atoms with van der Waals surface area (Å²) < 4.78 is 2.77. The number of carbonyl (C=O) groups excluding carboxylic acids is 1. The Morgan fingerprint density at radius 3 is 2.50 bits per heavy atom. The summed E-state index contributed by atoms with van der Waals surface area (Å²) in [7, 11) is 0. The van der Waals surface area contributed by atoms with E-state index in [-0.39, 0.29) is 5.91 Å². The molecule has 0 saturated carbocycles. The molecule has 2 aromatic carbocycles. The van der Waals surface area contributed by atoms with E-state index in [2.05, 4.69) is 34.1 Å². The molecule has 0 spiro atoms. The Kier molecular flexibility index (Phi) is 4.36. The average molecular weight is 406 g/mol. The maximum atomic E-state index is 13.3. The Bertz CT molecular complexity index is 1010. The number of fused-ring (bicyclic) bond motifs is 1. The van der Waals surface area contributed by atoms with Crippen LogP contribution >= 0.6 is 15.9 Å². The Balaban J connectivity index is 1.71. The molecule has 4 nitrogen and oxygen atoms in total. The van der Waals surface area contributed by atoms with Crippen LogP contribution in [0.2, 0.25) is 0 Å². The molecule has 1 aliphatic heterocycles. The monoisotopic (exact) mass is 405 g/mol. The van der Waals surface area contributed by atoms with Crippen LogP contribution in [0.5, 0.6) is 0 Å². The van der Waals surface area contributed by atoms with E-state index in [9.17, 15) is 10.1 Å². The summed E-state index contributed by atoms with van der Waals surface area (Å²) in [6.07, 6.45) is 2.62. The van der Waals surface area contributed by atoms with Crippen LogP contribution < -0.4 is 0 Å². The number of rotatable bonds is 2. The summed E-state index contributed by atoms with van der Waals surface area (Å²) in [5, 5.41) is 9.49. The molecule has 0 aliphatic carbocycles. The van der Waals surface area contributed by atoms with Crippen molar-refractivity contribution in [3.63, 3.8) is 0 Å². The predicted molar refractivity (Wildman–Crippen MR) is 103 cm³/mol. The summed E-state index contributed by atoms with van der Waals surface area (Å²) in [5.41, 5.74) is 4.15. The molecule has 4 rings (SSSR count). The summed E-state index contributed by atoms with van der Waals surface area (Å²) in [6, 6.07) is 19.8. The van der Waals surface area contributed by atoms with Gasteiger partial charge in [-0.3, -0.25) is 4.79 Å². The Morgan fingerprint density at radius 2 is 1.77 bits per heavy atom. The highest BCUT2D eigenvalue weighted by Crippen LogP contribution is 2.24. The Morgan fingerprint density at radius 1 is 1.04 bits per heavy atom. The minimum Gasteiger partial charge on any atom is -0.333 e. The van der Waals surface area contributed by atoms with E-state index >= 15 is 0 Å². The van der Waals surface area contributed by atoms with Gasteiger partial charge in [-0.15, -0.1) is 0 Å². The lowest BCUT2D eigenvalue weighted by Crippen LogP contribution is -2.37. The first-order valence-corrected chi connectivity index (χ1v) is 9.20. The fourth-order valence-corrected chi connectivity index (χ4v) is 3.64. The van der Waals surface area contributed by atoms with E-state index in [1.165, 1.54) is 11.1 Å². The van der Waals surface area contributed by atoms with Gasteiger partial charge in [-0.05, 0) is 47.9 Å². The molecule has 0 unspecified atom stereocenters. The highest BCUT2D eigenvalue weighted by Gasteiger charge is 2.26. The standard InChI is InChI=1S/C21H16BrN3O/c22-18-5-7-19(8-6-18)25-12-10-16(13-23)20(25)21(26)24-11-9-15-3-1-2-4-17(15)14-24/h1-8,10,12H,9,11,14H2. The summed E-state index contributed by atoms with van der Waals surface area (Å²) >= 11 is 3.43. The van der Waals surface area contributed by atoms with Crippen LogP contribution in [0.15, 0.2) is 65.3 Å².